The maximum atomic E-state index is 6.32. The van der Waals surface area contributed by atoms with Gasteiger partial charge in [0, 0.05) is 24.2 Å². The summed E-state index contributed by atoms with van der Waals surface area (Å²) in [6.45, 7) is 11.1. The maximum absolute atomic E-state index is 6.32. The fourth-order valence-electron chi connectivity index (χ4n) is 8.75. The minimum atomic E-state index is 0.391. The van der Waals surface area contributed by atoms with Crippen LogP contribution in [0.5, 0.6) is 0 Å². The van der Waals surface area contributed by atoms with E-state index in [0.717, 1.165) is 54.4 Å². The van der Waals surface area contributed by atoms with Crippen LogP contribution in [0.1, 0.15) is 91.9 Å². The molecular formula is C29H46N2. The summed E-state index contributed by atoms with van der Waals surface area (Å²) >= 11 is 0. The highest BCUT2D eigenvalue weighted by molar-refractivity contribution is 5.88. The van der Waals surface area contributed by atoms with Crippen molar-refractivity contribution in [3.8, 4) is 0 Å². The first kappa shape index (κ1) is 21.9. The Morgan fingerprint density at radius 2 is 1.90 bits per heavy atom. The number of hydrogen-bond acceptors (Lipinski definition) is 2. The number of hydrogen-bond donors (Lipinski definition) is 1. The Balaban J connectivity index is 1.32. The van der Waals surface area contributed by atoms with E-state index < -0.39 is 0 Å². The molecule has 0 aromatic rings. The Hall–Kier alpha value is -0.890. The summed E-state index contributed by atoms with van der Waals surface area (Å²) in [5.41, 5.74) is 12.0. The fraction of sp³-hybridized carbons (Fsp3) is 0.828. The lowest BCUT2D eigenvalue weighted by atomic mass is 9.57. The van der Waals surface area contributed by atoms with Crippen LogP contribution in [0.4, 0.5) is 0 Å². The third-order valence-electron chi connectivity index (χ3n) is 10.4. The van der Waals surface area contributed by atoms with Crippen molar-refractivity contribution < 1.29 is 0 Å². The molecule has 0 amide bonds. The van der Waals surface area contributed by atoms with E-state index in [1.807, 2.05) is 5.57 Å². The summed E-state index contributed by atoms with van der Waals surface area (Å²) in [5.74, 6) is 5.53. The van der Waals surface area contributed by atoms with Gasteiger partial charge in [-0.05, 0) is 105 Å². The number of aliphatic imine (C=N–C) groups is 1. The molecular weight excluding hydrogens is 376 g/mol. The Morgan fingerprint density at radius 1 is 1.06 bits per heavy atom. The molecule has 4 aliphatic carbocycles. The molecule has 172 valence electrons. The molecule has 0 spiro atoms. The zero-order valence-corrected chi connectivity index (χ0v) is 20.6. The van der Waals surface area contributed by atoms with Gasteiger partial charge in [0.25, 0.3) is 0 Å². The number of nitrogens with two attached hydrogens (primary N) is 1. The van der Waals surface area contributed by atoms with Gasteiger partial charge in [0.1, 0.15) is 0 Å². The van der Waals surface area contributed by atoms with Crippen LogP contribution in [0.15, 0.2) is 28.3 Å². The van der Waals surface area contributed by atoms with E-state index in [-0.39, 0.29) is 0 Å². The topological polar surface area (TPSA) is 38.4 Å². The number of fused-ring (bicyclic) bond motifs is 4. The molecule has 2 N–H and O–H groups in total. The predicted molar refractivity (Wildman–Crippen MR) is 132 cm³/mol. The molecule has 0 bridgehead atoms. The molecule has 0 aromatic heterocycles. The number of nitrogens with zero attached hydrogens (tertiary/aromatic N) is 1. The first-order valence-electron chi connectivity index (χ1n) is 13.5. The lowest BCUT2D eigenvalue weighted by molar-refractivity contribution is 0.0837. The van der Waals surface area contributed by atoms with Crippen LogP contribution in [0.3, 0.4) is 0 Å². The van der Waals surface area contributed by atoms with Gasteiger partial charge in [0.05, 0.1) is 0 Å². The van der Waals surface area contributed by atoms with Gasteiger partial charge in [-0.1, -0.05) is 51.0 Å². The van der Waals surface area contributed by atoms with Crippen molar-refractivity contribution in [1.82, 2.24) is 0 Å². The largest absolute Gasteiger partial charge is 0.327 e. The van der Waals surface area contributed by atoms with Crippen LogP contribution in [-0.2, 0) is 0 Å². The van der Waals surface area contributed by atoms with Gasteiger partial charge < -0.3 is 5.73 Å². The van der Waals surface area contributed by atoms with Gasteiger partial charge in [-0.25, -0.2) is 0 Å². The summed E-state index contributed by atoms with van der Waals surface area (Å²) in [6, 6.07) is 0.391. The second-order valence-corrected chi connectivity index (χ2v) is 12.5. The van der Waals surface area contributed by atoms with Crippen molar-refractivity contribution in [3.05, 3.63) is 23.3 Å². The molecule has 2 nitrogen and oxygen atoms in total. The minimum absolute atomic E-state index is 0.391. The van der Waals surface area contributed by atoms with Crippen LogP contribution < -0.4 is 5.73 Å². The van der Waals surface area contributed by atoms with Crippen molar-refractivity contribution in [3.63, 3.8) is 0 Å². The van der Waals surface area contributed by atoms with E-state index in [4.69, 9.17) is 10.7 Å². The van der Waals surface area contributed by atoms with E-state index in [0.29, 0.717) is 11.5 Å². The molecule has 2 heteroatoms. The normalized spacial score (nSPS) is 43.4. The SMILES string of the molecule is CC(C)[C@@H]1CCN=C1C[C@@H](C)[C@H]1CC[C@H]2C3=CC[C@H]4C[C@H](N)CC=C4C[C@H]3CC[C@]12C. The van der Waals surface area contributed by atoms with Gasteiger partial charge in [0.15, 0.2) is 0 Å². The van der Waals surface area contributed by atoms with Crippen molar-refractivity contribution >= 4 is 5.71 Å². The first-order chi connectivity index (χ1) is 14.9. The van der Waals surface area contributed by atoms with Crippen LogP contribution in [-0.4, -0.2) is 18.3 Å². The molecule has 31 heavy (non-hydrogen) atoms. The second kappa shape index (κ2) is 8.47. The van der Waals surface area contributed by atoms with E-state index in [1.165, 1.54) is 57.8 Å². The second-order valence-electron chi connectivity index (χ2n) is 12.5. The van der Waals surface area contributed by atoms with E-state index in [2.05, 4.69) is 39.8 Å². The van der Waals surface area contributed by atoms with Gasteiger partial charge >= 0.3 is 0 Å². The van der Waals surface area contributed by atoms with Crippen molar-refractivity contribution in [2.24, 2.45) is 57.6 Å². The molecule has 8 atom stereocenters. The highest BCUT2D eigenvalue weighted by atomic mass is 14.8. The molecule has 1 heterocycles. The average Bonchev–Trinajstić information content (AvgIpc) is 3.28. The van der Waals surface area contributed by atoms with E-state index in [9.17, 15) is 0 Å². The van der Waals surface area contributed by atoms with Gasteiger partial charge in [-0.3, -0.25) is 4.99 Å². The van der Waals surface area contributed by atoms with Gasteiger partial charge in [-0.2, -0.15) is 0 Å². The molecule has 0 saturated heterocycles. The van der Waals surface area contributed by atoms with E-state index >= 15 is 0 Å². The number of rotatable bonds is 4. The molecule has 1 aliphatic heterocycles. The standard InChI is InChI=1S/C29H46N2/c1-18(2)24-12-14-31-28(24)15-19(3)26-9-10-27-25-8-6-21-17-23(30)7-5-20(21)16-22(25)11-13-29(26,27)4/h5,8,18-19,21-24,26-27H,6-7,9-17,30H2,1-4H3/t19-,21+,22-,23-,24+,26-,27+,29-/m1/s1. The molecule has 0 aromatic carbocycles. The quantitative estimate of drug-likeness (QED) is 0.489. The molecule has 0 unspecified atom stereocenters. The predicted octanol–water partition coefficient (Wildman–Crippen LogP) is 6.96. The van der Waals surface area contributed by atoms with Crippen LogP contribution in [0.2, 0.25) is 0 Å². The monoisotopic (exact) mass is 422 g/mol. The fourth-order valence-corrected chi connectivity index (χ4v) is 8.75. The summed E-state index contributed by atoms with van der Waals surface area (Å²) in [5, 5.41) is 0. The molecule has 5 aliphatic rings. The Morgan fingerprint density at radius 3 is 2.71 bits per heavy atom. The summed E-state index contributed by atoms with van der Waals surface area (Å²) < 4.78 is 0. The summed E-state index contributed by atoms with van der Waals surface area (Å²) in [6.07, 6.45) is 18.4. The highest BCUT2D eigenvalue weighted by Gasteiger charge is 2.53. The van der Waals surface area contributed by atoms with Crippen molar-refractivity contribution in [2.45, 2.75) is 97.9 Å². The van der Waals surface area contributed by atoms with Gasteiger partial charge in [0.2, 0.25) is 0 Å². The first-order valence-corrected chi connectivity index (χ1v) is 13.5. The molecule has 5 rings (SSSR count). The summed E-state index contributed by atoms with van der Waals surface area (Å²) in [4.78, 5) is 4.99. The smallest absolute Gasteiger partial charge is 0.0395 e. The van der Waals surface area contributed by atoms with Crippen molar-refractivity contribution in [1.29, 1.82) is 0 Å². The zero-order chi connectivity index (χ0) is 21.8. The molecule has 2 fully saturated rings. The Kier molecular flexibility index (Phi) is 5.99. The third kappa shape index (κ3) is 3.90. The highest BCUT2D eigenvalue weighted by Crippen LogP contribution is 2.62. The maximum Gasteiger partial charge on any atom is 0.0395 e. The van der Waals surface area contributed by atoms with E-state index in [1.54, 1.807) is 11.3 Å². The van der Waals surface area contributed by atoms with Crippen LogP contribution >= 0.6 is 0 Å². The Labute approximate surface area is 191 Å². The lowest BCUT2D eigenvalue weighted by Crippen LogP contribution is -2.39. The van der Waals surface area contributed by atoms with Gasteiger partial charge in [-0.15, -0.1) is 0 Å². The minimum Gasteiger partial charge on any atom is -0.327 e. The average molecular weight is 423 g/mol. The Bertz CT molecular complexity index is 774. The molecule has 0 radical (unpaired) electrons. The van der Waals surface area contributed by atoms with Crippen molar-refractivity contribution in [2.75, 3.05) is 6.54 Å². The van der Waals surface area contributed by atoms with Crippen LogP contribution in [0.25, 0.3) is 0 Å². The lowest BCUT2D eigenvalue weighted by Gasteiger charge is -2.47. The summed E-state index contributed by atoms with van der Waals surface area (Å²) in [7, 11) is 0. The number of allylic oxidation sites excluding steroid dienone is 3. The third-order valence-corrected chi connectivity index (χ3v) is 10.4. The zero-order valence-electron chi connectivity index (χ0n) is 20.6. The van der Waals surface area contributed by atoms with Crippen LogP contribution in [0, 0.1) is 46.8 Å². The molecule has 2 saturated carbocycles.